The van der Waals surface area contributed by atoms with Crippen LogP contribution in [0.15, 0.2) is 35.0 Å². The lowest BCUT2D eigenvalue weighted by atomic mass is 9.98. The van der Waals surface area contributed by atoms with Crippen LogP contribution in [0.4, 0.5) is 5.82 Å². The van der Waals surface area contributed by atoms with Gasteiger partial charge in [-0.15, -0.1) is 0 Å². The van der Waals surface area contributed by atoms with Crippen molar-refractivity contribution < 1.29 is 9.90 Å². The molecule has 0 saturated heterocycles. The molecule has 0 fully saturated rings. The second-order valence-corrected chi connectivity index (χ2v) is 7.20. The number of aliphatic carboxylic acids is 1. The van der Waals surface area contributed by atoms with Crippen molar-refractivity contribution in [3.63, 3.8) is 0 Å². The summed E-state index contributed by atoms with van der Waals surface area (Å²) in [5.74, 6) is -0.189. The number of unbranched alkanes of at least 4 members (excludes halogenated alkanes) is 8. The second kappa shape index (κ2) is 14.6. The third-order valence-electron chi connectivity index (χ3n) is 4.72. The molecule has 1 aromatic rings. The number of nitrogens with two attached hydrogens (primary N) is 2. The molecular weight excluding hydrogens is 354 g/mol. The molecular formula is C21H37N5O2. The highest BCUT2D eigenvalue weighted by molar-refractivity contribution is 5.81. The average molecular weight is 392 g/mol. The standard InChI is InChI=1S/C21H37N5O2/c1-2-3-4-5-6-7-8-9-10-12-18(26-19-13-11-14-24-19)17(15-20(27)28)16-25-21(22)23/h11,13-15,18,24,26H,2-10,12,16H2,1H3,(H,27,28)(H4,22,23,25)/b17-15+/t18-/m1/s1. The Balaban J connectivity index is 2.56. The van der Waals surface area contributed by atoms with Gasteiger partial charge in [-0.05, 0) is 24.1 Å². The Hall–Kier alpha value is -2.44. The zero-order chi connectivity index (χ0) is 20.6. The van der Waals surface area contributed by atoms with E-state index in [1.54, 1.807) is 0 Å². The SMILES string of the molecule is CCCCCCCCCCC[C@@H](Nc1ccc[nH]1)/C(=C/C(=O)O)CN=C(N)N. The van der Waals surface area contributed by atoms with E-state index in [2.05, 4.69) is 22.2 Å². The fraction of sp³-hybridized carbons (Fsp3) is 0.619. The number of nitrogens with one attached hydrogen (secondary N) is 2. The first-order valence-corrected chi connectivity index (χ1v) is 10.4. The number of anilines is 1. The third kappa shape index (κ3) is 11.3. The number of rotatable bonds is 16. The first-order valence-electron chi connectivity index (χ1n) is 10.4. The third-order valence-corrected chi connectivity index (χ3v) is 4.72. The minimum absolute atomic E-state index is 0.0435. The van der Waals surface area contributed by atoms with Gasteiger partial charge in [0.25, 0.3) is 0 Å². The molecule has 1 heterocycles. The number of carboxylic acid groups (broad SMARTS) is 1. The lowest BCUT2D eigenvalue weighted by Crippen LogP contribution is -2.27. The van der Waals surface area contributed by atoms with Gasteiger partial charge in [0.2, 0.25) is 0 Å². The van der Waals surface area contributed by atoms with E-state index in [1.165, 1.54) is 51.0 Å². The van der Waals surface area contributed by atoms with Crippen molar-refractivity contribution in [1.29, 1.82) is 0 Å². The van der Waals surface area contributed by atoms with Crippen molar-refractivity contribution >= 4 is 17.7 Å². The van der Waals surface area contributed by atoms with Crippen molar-refractivity contribution in [3.05, 3.63) is 30.0 Å². The zero-order valence-corrected chi connectivity index (χ0v) is 17.1. The molecule has 0 aliphatic carbocycles. The van der Waals surface area contributed by atoms with Crippen LogP contribution in [0.3, 0.4) is 0 Å². The largest absolute Gasteiger partial charge is 0.478 e. The molecule has 1 rings (SSSR count). The van der Waals surface area contributed by atoms with E-state index < -0.39 is 5.97 Å². The van der Waals surface area contributed by atoms with Gasteiger partial charge in [-0.2, -0.15) is 0 Å². The van der Waals surface area contributed by atoms with Crippen LogP contribution in [-0.4, -0.2) is 34.6 Å². The fourth-order valence-electron chi connectivity index (χ4n) is 3.21. The van der Waals surface area contributed by atoms with E-state index in [9.17, 15) is 9.90 Å². The molecule has 1 aromatic heterocycles. The number of hydrogen-bond donors (Lipinski definition) is 5. The summed E-state index contributed by atoms with van der Waals surface area (Å²) in [6.45, 7) is 2.41. The number of aromatic amines is 1. The van der Waals surface area contributed by atoms with E-state index in [1.807, 2.05) is 18.3 Å². The van der Waals surface area contributed by atoms with Crippen LogP contribution < -0.4 is 16.8 Å². The number of aliphatic imine (C=N–C) groups is 1. The first kappa shape index (κ1) is 23.6. The van der Waals surface area contributed by atoms with E-state index in [0.717, 1.165) is 25.1 Å². The number of guanidine groups is 1. The maximum atomic E-state index is 11.3. The Morgan fingerprint density at radius 2 is 1.82 bits per heavy atom. The molecule has 0 spiro atoms. The van der Waals surface area contributed by atoms with Crippen LogP contribution in [0.2, 0.25) is 0 Å². The number of nitrogens with zero attached hydrogens (tertiary/aromatic N) is 1. The van der Waals surface area contributed by atoms with Gasteiger partial charge in [-0.1, -0.05) is 64.7 Å². The Kier molecular flexibility index (Phi) is 12.3. The number of hydrogen-bond acceptors (Lipinski definition) is 3. The molecule has 0 aromatic carbocycles. The van der Waals surface area contributed by atoms with Crippen LogP contribution in [0.1, 0.15) is 71.1 Å². The summed E-state index contributed by atoms with van der Waals surface area (Å²) in [5.41, 5.74) is 11.5. The quantitative estimate of drug-likeness (QED) is 0.126. The maximum Gasteiger partial charge on any atom is 0.328 e. The van der Waals surface area contributed by atoms with Gasteiger partial charge in [0.15, 0.2) is 5.96 Å². The molecule has 158 valence electrons. The summed E-state index contributed by atoms with van der Waals surface area (Å²) in [5, 5.41) is 12.6. The molecule has 0 bridgehead atoms. The molecule has 28 heavy (non-hydrogen) atoms. The summed E-state index contributed by atoms with van der Waals surface area (Å²) in [7, 11) is 0. The zero-order valence-electron chi connectivity index (χ0n) is 17.1. The number of aromatic nitrogens is 1. The highest BCUT2D eigenvalue weighted by Crippen LogP contribution is 2.18. The fourth-order valence-corrected chi connectivity index (χ4v) is 3.21. The van der Waals surface area contributed by atoms with Crippen LogP contribution in [0, 0.1) is 0 Å². The van der Waals surface area contributed by atoms with Gasteiger partial charge in [0, 0.05) is 12.3 Å². The molecule has 0 amide bonds. The minimum Gasteiger partial charge on any atom is -0.478 e. The molecule has 0 aliphatic heterocycles. The van der Waals surface area contributed by atoms with Gasteiger partial charge in [0.05, 0.1) is 12.6 Å². The van der Waals surface area contributed by atoms with E-state index in [0.29, 0.717) is 5.57 Å². The molecule has 0 saturated carbocycles. The highest BCUT2D eigenvalue weighted by Gasteiger charge is 2.16. The van der Waals surface area contributed by atoms with Gasteiger partial charge in [0.1, 0.15) is 5.82 Å². The summed E-state index contributed by atoms with van der Waals surface area (Å²) < 4.78 is 0. The summed E-state index contributed by atoms with van der Waals surface area (Å²) in [6, 6.07) is 3.68. The Morgan fingerprint density at radius 3 is 2.36 bits per heavy atom. The molecule has 0 aliphatic rings. The first-order chi connectivity index (χ1) is 13.5. The molecule has 7 heteroatoms. The Bertz CT molecular complexity index is 592. The lowest BCUT2D eigenvalue weighted by molar-refractivity contribution is -0.131. The summed E-state index contributed by atoms with van der Waals surface area (Å²) >= 11 is 0. The summed E-state index contributed by atoms with van der Waals surface area (Å²) in [4.78, 5) is 18.4. The maximum absolute atomic E-state index is 11.3. The van der Waals surface area contributed by atoms with Gasteiger partial charge < -0.3 is 26.9 Å². The van der Waals surface area contributed by atoms with Crippen molar-refractivity contribution in [2.24, 2.45) is 16.5 Å². The van der Waals surface area contributed by atoms with Gasteiger partial charge in [-0.25, -0.2) is 9.79 Å². The second-order valence-electron chi connectivity index (χ2n) is 7.20. The normalized spacial score (nSPS) is 12.5. The van der Waals surface area contributed by atoms with Gasteiger partial charge >= 0.3 is 5.97 Å². The summed E-state index contributed by atoms with van der Waals surface area (Å²) in [6.07, 6.45) is 15.1. The predicted molar refractivity (Wildman–Crippen MR) is 116 cm³/mol. The number of carboxylic acids is 1. The molecule has 0 unspecified atom stereocenters. The minimum atomic E-state index is -0.994. The highest BCUT2D eigenvalue weighted by atomic mass is 16.4. The molecule has 0 radical (unpaired) electrons. The van der Waals surface area contributed by atoms with Crippen molar-refractivity contribution in [1.82, 2.24) is 4.98 Å². The van der Waals surface area contributed by atoms with E-state index in [-0.39, 0.29) is 18.5 Å². The number of H-pyrrole nitrogens is 1. The number of carbonyl (C=O) groups is 1. The monoisotopic (exact) mass is 391 g/mol. The molecule has 7 N–H and O–H groups in total. The topological polar surface area (TPSA) is 130 Å². The smallest absolute Gasteiger partial charge is 0.328 e. The van der Waals surface area contributed by atoms with Crippen LogP contribution in [0.25, 0.3) is 0 Å². The van der Waals surface area contributed by atoms with Gasteiger partial charge in [-0.3, -0.25) is 0 Å². The molecule has 1 atom stereocenters. The van der Waals surface area contributed by atoms with Crippen LogP contribution in [0.5, 0.6) is 0 Å². The lowest BCUT2D eigenvalue weighted by Gasteiger charge is -2.21. The average Bonchev–Trinajstić information content (AvgIpc) is 3.15. The van der Waals surface area contributed by atoms with Crippen molar-refractivity contribution in [2.75, 3.05) is 11.9 Å². The van der Waals surface area contributed by atoms with E-state index in [4.69, 9.17) is 11.5 Å². The van der Waals surface area contributed by atoms with Crippen LogP contribution in [-0.2, 0) is 4.79 Å². The van der Waals surface area contributed by atoms with E-state index >= 15 is 0 Å². The predicted octanol–water partition coefficient (Wildman–Crippen LogP) is 4.00. The van der Waals surface area contributed by atoms with Crippen LogP contribution >= 0.6 is 0 Å². The van der Waals surface area contributed by atoms with Crippen molar-refractivity contribution in [3.8, 4) is 0 Å². The van der Waals surface area contributed by atoms with Crippen molar-refractivity contribution in [2.45, 2.75) is 77.2 Å². The molecule has 7 nitrogen and oxygen atoms in total. The Morgan fingerprint density at radius 1 is 1.18 bits per heavy atom. The Labute approximate surface area is 168 Å².